The number of nitrogens with zero attached hydrogens (tertiary/aromatic N) is 2. The highest BCUT2D eigenvalue weighted by molar-refractivity contribution is 5.76. The molecule has 1 heterocycles. The monoisotopic (exact) mass is 518 g/mol. The molecule has 1 saturated heterocycles. The van der Waals surface area contributed by atoms with E-state index in [-0.39, 0.29) is 12.9 Å². The van der Waals surface area contributed by atoms with Crippen LogP contribution in [0.2, 0.25) is 0 Å². The molecule has 0 saturated carbocycles. The molecule has 10 nitrogen and oxygen atoms in total. The molecule has 0 aromatic heterocycles. The van der Waals surface area contributed by atoms with Crippen LogP contribution in [0.1, 0.15) is 24.0 Å². The van der Waals surface area contributed by atoms with Crippen molar-refractivity contribution in [3.8, 4) is 5.75 Å². The van der Waals surface area contributed by atoms with Crippen LogP contribution in [0.3, 0.4) is 0 Å². The second-order valence-electron chi connectivity index (χ2n) is 9.00. The molecule has 1 aliphatic heterocycles. The van der Waals surface area contributed by atoms with Crippen LogP contribution in [0.5, 0.6) is 5.75 Å². The van der Waals surface area contributed by atoms with Crippen molar-refractivity contribution in [3.63, 3.8) is 0 Å². The van der Waals surface area contributed by atoms with Crippen LogP contribution in [0.4, 0.5) is 0 Å². The van der Waals surface area contributed by atoms with Crippen molar-refractivity contribution in [2.24, 2.45) is 5.41 Å². The van der Waals surface area contributed by atoms with Gasteiger partial charge in [-0.2, -0.15) is 0 Å². The minimum atomic E-state index is -1.21. The molecule has 0 radical (unpaired) electrons. The maximum atomic E-state index is 12.3. The molecule has 0 spiro atoms. The molecule has 10 heteroatoms. The van der Waals surface area contributed by atoms with Crippen LogP contribution in [-0.4, -0.2) is 95.6 Å². The smallest absolute Gasteiger partial charge is 0.313 e. The van der Waals surface area contributed by atoms with Gasteiger partial charge in [0, 0.05) is 26.2 Å². The number of carbonyl (C=O) groups is 3. The molecule has 1 aliphatic rings. The summed E-state index contributed by atoms with van der Waals surface area (Å²) in [5.41, 5.74) is 0.805. The molecule has 3 rings (SSSR count). The minimum Gasteiger partial charge on any atom is -0.494 e. The highest BCUT2D eigenvalue weighted by Crippen LogP contribution is 2.35. The Bertz CT molecular complexity index is 935. The van der Waals surface area contributed by atoms with Crippen molar-refractivity contribution in [2.75, 3.05) is 40.3 Å². The number of benzene rings is 2. The van der Waals surface area contributed by atoms with Gasteiger partial charge >= 0.3 is 5.97 Å². The second kappa shape index (κ2) is 17.1. The van der Waals surface area contributed by atoms with Gasteiger partial charge in [0.15, 0.2) is 0 Å². The quantitative estimate of drug-likeness (QED) is 0.273. The summed E-state index contributed by atoms with van der Waals surface area (Å²) in [5, 5.41) is 34.6. The van der Waals surface area contributed by atoms with Gasteiger partial charge in [0.25, 0.3) is 12.9 Å². The molecular weight excluding hydrogens is 480 g/mol. The average Bonchev–Trinajstić information content (AvgIpc) is 2.86. The van der Waals surface area contributed by atoms with E-state index in [0.717, 1.165) is 29.8 Å². The lowest BCUT2D eigenvalue weighted by molar-refractivity contribution is -0.163. The lowest BCUT2D eigenvalue weighted by atomic mass is 9.72. The number of aliphatic hydroxyl groups is 1. The van der Waals surface area contributed by atoms with Gasteiger partial charge in [-0.3, -0.25) is 19.3 Å². The first-order valence-corrected chi connectivity index (χ1v) is 11.9. The van der Waals surface area contributed by atoms with Crippen LogP contribution in [0, 0.1) is 5.41 Å². The number of ether oxygens (including phenoxy) is 1. The lowest BCUT2D eigenvalue weighted by Crippen LogP contribution is -2.56. The average molecular weight is 519 g/mol. The third-order valence-corrected chi connectivity index (χ3v) is 5.97. The van der Waals surface area contributed by atoms with Gasteiger partial charge in [-0.05, 0) is 56.6 Å². The fraction of sp³-hybridized carbons (Fsp3) is 0.444. The summed E-state index contributed by atoms with van der Waals surface area (Å²) >= 11 is 0. The van der Waals surface area contributed by atoms with Crippen molar-refractivity contribution < 1.29 is 39.5 Å². The van der Waals surface area contributed by atoms with Crippen LogP contribution < -0.4 is 4.74 Å². The van der Waals surface area contributed by atoms with E-state index in [0.29, 0.717) is 39.1 Å². The predicted molar refractivity (Wildman–Crippen MR) is 139 cm³/mol. The molecule has 0 aliphatic carbocycles. The Morgan fingerprint density at radius 3 is 2.30 bits per heavy atom. The number of likely N-dealkylation sites (tertiary alicyclic amines) is 1. The summed E-state index contributed by atoms with van der Waals surface area (Å²) in [6.07, 6.45) is 0.852. The van der Waals surface area contributed by atoms with Crippen LogP contribution in [0.15, 0.2) is 54.6 Å². The molecule has 2 aromatic carbocycles. The number of hydrogen-bond donors (Lipinski definition) is 4. The normalized spacial score (nSPS) is 19.0. The van der Waals surface area contributed by atoms with Gasteiger partial charge in [0.1, 0.15) is 11.2 Å². The maximum Gasteiger partial charge on any atom is 0.313 e. The van der Waals surface area contributed by atoms with Crippen LogP contribution in [0.25, 0.3) is 0 Å². The standard InChI is InChI=1S/C25H34N2O4.2CH2O2/c1-26(2)13-7-15-31-22-11-6-10-21(16-22)18-27-14-12-23(28)25(19-27,24(29)30)17-20-8-4-3-5-9-20;2*2-1-3/h3-6,8-11,16,23,28H,7,12-15,17-19H2,1-2H3,(H,29,30);2*1H,(H,2,3)/t23-,25-;;/m1../s1. The summed E-state index contributed by atoms with van der Waals surface area (Å²) in [7, 11) is 4.09. The number of carboxylic acid groups (broad SMARTS) is 3. The van der Waals surface area contributed by atoms with E-state index in [1.807, 2.05) is 68.7 Å². The third-order valence-electron chi connectivity index (χ3n) is 5.97. The molecule has 0 unspecified atom stereocenters. The Morgan fingerprint density at radius 1 is 1.08 bits per heavy atom. The lowest BCUT2D eigenvalue weighted by Gasteiger charge is -2.43. The summed E-state index contributed by atoms with van der Waals surface area (Å²) < 4.78 is 5.88. The first-order chi connectivity index (χ1) is 17.7. The van der Waals surface area contributed by atoms with E-state index < -0.39 is 17.5 Å². The second-order valence-corrected chi connectivity index (χ2v) is 9.00. The van der Waals surface area contributed by atoms with Crippen molar-refractivity contribution in [1.82, 2.24) is 9.80 Å². The maximum absolute atomic E-state index is 12.3. The molecule has 0 amide bonds. The number of hydrogen-bond acceptors (Lipinski definition) is 7. The Balaban J connectivity index is 0.00000104. The summed E-state index contributed by atoms with van der Waals surface area (Å²) in [5.74, 6) is -0.103. The molecule has 2 atom stereocenters. The van der Waals surface area contributed by atoms with E-state index in [9.17, 15) is 15.0 Å². The van der Waals surface area contributed by atoms with Gasteiger partial charge in [-0.1, -0.05) is 42.5 Å². The Morgan fingerprint density at radius 2 is 1.70 bits per heavy atom. The van der Waals surface area contributed by atoms with Gasteiger partial charge in [0.2, 0.25) is 0 Å². The van der Waals surface area contributed by atoms with Gasteiger partial charge in [0.05, 0.1) is 12.7 Å². The van der Waals surface area contributed by atoms with Crippen molar-refractivity contribution in [1.29, 1.82) is 0 Å². The first kappa shape index (κ1) is 31.6. The first-order valence-electron chi connectivity index (χ1n) is 11.9. The van der Waals surface area contributed by atoms with E-state index in [4.69, 9.17) is 24.5 Å². The fourth-order valence-corrected chi connectivity index (χ4v) is 4.28. The summed E-state index contributed by atoms with van der Waals surface area (Å²) in [6, 6.07) is 17.6. The third kappa shape index (κ3) is 11.0. The largest absolute Gasteiger partial charge is 0.494 e. The van der Waals surface area contributed by atoms with Crippen LogP contribution in [-0.2, 0) is 27.3 Å². The summed E-state index contributed by atoms with van der Waals surface area (Å²) in [6.45, 7) is 2.75. The molecule has 4 N–H and O–H groups in total. The zero-order chi connectivity index (χ0) is 27.7. The van der Waals surface area contributed by atoms with Gasteiger partial charge in [-0.15, -0.1) is 0 Å². The fourth-order valence-electron chi connectivity index (χ4n) is 4.28. The number of aliphatic carboxylic acids is 1. The van der Waals surface area contributed by atoms with E-state index in [1.165, 1.54) is 0 Å². The predicted octanol–water partition coefficient (Wildman–Crippen LogP) is 2.30. The molecule has 2 aromatic rings. The molecule has 37 heavy (non-hydrogen) atoms. The highest BCUT2D eigenvalue weighted by atomic mass is 16.5. The minimum absolute atomic E-state index is 0.250. The Kier molecular flexibility index (Phi) is 14.6. The van der Waals surface area contributed by atoms with Crippen molar-refractivity contribution in [3.05, 3.63) is 65.7 Å². The van der Waals surface area contributed by atoms with Crippen molar-refractivity contribution in [2.45, 2.75) is 31.9 Å². The summed E-state index contributed by atoms with van der Waals surface area (Å²) in [4.78, 5) is 33.3. The molecule has 1 fully saturated rings. The van der Waals surface area contributed by atoms with E-state index >= 15 is 0 Å². The van der Waals surface area contributed by atoms with Gasteiger partial charge in [-0.25, -0.2) is 0 Å². The zero-order valence-electron chi connectivity index (χ0n) is 21.4. The SMILES string of the molecule is CN(C)CCCOc1cccc(CN2CC[C@@H](O)[C@](Cc3ccccc3)(C(=O)O)C2)c1.O=CO.O=CO. The van der Waals surface area contributed by atoms with Crippen LogP contribution >= 0.6 is 0 Å². The topological polar surface area (TPSA) is 148 Å². The van der Waals surface area contributed by atoms with E-state index in [1.54, 1.807) is 0 Å². The highest BCUT2D eigenvalue weighted by Gasteiger charge is 2.49. The molecule has 204 valence electrons. The van der Waals surface area contributed by atoms with Gasteiger partial charge < -0.3 is 30.1 Å². The number of carboxylic acids is 1. The Labute approximate surface area is 217 Å². The number of rotatable bonds is 10. The molecular formula is C27H38N2O8. The zero-order valence-corrected chi connectivity index (χ0v) is 21.4. The number of aliphatic hydroxyl groups excluding tert-OH is 1. The Hall–Kier alpha value is -3.47. The molecule has 0 bridgehead atoms. The van der Waals surface area contributed by atoms with E-state index in [2.05, 4.69) is 9.80 Å². The van der Waals surface area contributed by atoms with Crippen molar-refractivity contribution >= 4 is 18.9 Å². The number of piperidine rings is 1.